The van der Waals surface area contributed by atoms with Gasteiger partial charge in [-0.2, -0.15) is 0 Å². The zero-order valence-corrected chi connectivity index (χ0v) is 13.0. The molecular weight excluding hydrogens is 270 g/mol. The Kier molecular flexibility index (Phi) is 4.42. The largest absolute Gasteiger partial charge is 0.493 e. The molecule has 116 valence electrons. The highest BCUT2D eigenvalue weighted by Gasteiger charge is 2.47. The first-order valence-corrected chi connectivity index (χ1v) is 7.06. The SMILES string of the molecule is COc1ccc(CC(=O)NC2CC(O)C2(C)C)cc1OC. The van der Waals surface area contributed by atoms with Gasteiger partial charge in [-0.1, -0.05) is 19.9 Å². The van der Waals surface area contributed by atoms with Gasteiger partial charge < -0.3 is 19.9 Å². The normalized spacial score (nSPS) is 23.1. The van der Waals surface area contributed by atoms with Crippen LogP contribution in [0.5, 0.6) is 11.5 Å². The molecular formula is C16H23NO4. The zero-order chi connectivity index (χ0) is 15.6. The summed E-state index contributed by atoms with van der Waals surface area (Å²) in [5.74, 6) is 1.21. The van der Waals surface area contributed by atoms with Gasteiger partial charge in [-0.15, -0.1) is 0 Å². The second kappa shape index (κ2) is 5.93. The Bertz CT molecular complexity index is 527. The average molecular weight is 293 g/mol. The zero-order valence-electron chi connectivity index (χ0n) is 13.0. The molecule has 2 atom stereocenters. The maximum Gasteiger partial charge on any atom is 0.224 e. The lowest BCUT2D eigenvalue weighted by Gasteiger charge is -2.49. The highest BCUT2D eigenvalue weighted by Crippen LogP contribution is 2.40. The van der Waals surface area contributed by atoms with Crippen LogP contribution in [0.1, 0.15) is 25.8 Å². The number of aliphatic hydroxyl groups is 1. The summed E-state index contributed by atoms with van der Waals surface area (Å²) in [5.41, 5.74) is 0.607. The molecule has 1 amide bonds. The van der Waals surface area contributed by atoms with Gasteiger partial charge >= 0.3 is 0 Å². The molecule has 0 radical (unpaired) electrons. The Morgan fingerprint density at radius 2 is 2.00 bits per heavy atom. The van der Waals surface area contributed by atoms with E-state index in [0.29, 0.717) is 17.9 Å². The maximum atomic E-state index is 12.1. The molecule has 1 aromatic carbocycles. The van der Waals surface area contributed by atoms with Crippen LogP contribution in [0.4, 0.5) is 0 Å². The predicted molar refractivity (Wildman–Crippen MR) is 79.6 cm³/mol. The van der Waals surface area contributed by atoms with E-state index in [2.05, 4.69) is 5.32 Å². The third kappa shape index (κ3) is 3.13. The van der Waals surface area contributed by atoms with E-state index in [1.165, 1.54) is 0 Å². The topological polar surface area (TPSA) is 67.8 Å². The molecule has 1 saturated carbocycles. The maximum absolute atomic E-state index is 12.1. The summed E-state index contributed by atoms with van der Waals surface area (Å²) < 4.78 is 10.4. The minimum Gasteiger partial charge on any atom is -0.493 e. The van der Waals surface area contributed by atoms with E-state index < -0.39 is 0 Å². The minimum absolute atomic E-state index is 0.0279. The smallest absolute Gasteiger partial charge is 0.224 e. The van der Waals surface area contributed by atoms with Crippen molar-refractivity contribution in [2.75, 3.05) is 14.2 Å². The Hall–Kier alpha value is -1.75. The number of carbonyl (C=O) groups is 1. The monoisotopic (exact) mass is 293 g/mol. The van der Waals surface area contributed by atoms with E-state index in [9.17, 15) is 9.90 Å². The molecule has 0 heterocycles. The van der Waals surface area contributed by atoms with Crippen molar-refractivity contribution < 1.29 is 19.4 Å². The van der Waals surface area contributed by atoms with Crippen LogP contribution in [0.3, 0.4) is 0 Å². The fraction of sp³-hybridized carbons (Fsp3) is 0.562. The van der Waals surface area contributed by atoms with Crippen molar-refractivity contribution in [3.63, 3.8) is 0 Å². The fourth-order valence-corrected chi connectivity index (χ4v) is 2.57. The van der Waals surface area contributed by atoms with Crippen LogP contribution >= 0.6 is 0 Å². The standard InChI is InChI=1S/C16H23NO4/c1-16(2)13(9-14(16)18)17-15(19)8-10-5-6-11(20-3)12(7-10)21-4/h5-7,13-14,18H,8-9H2,1-4H3,(H,17,19). The van der Waals surface area contributed by atoms with E-state index in [-0.39, 0.29) is 29.9 Å². The van der Waals surface area contributed by atoms with Crippen molar-refractivity contribution in [3.05, 3.63) is 23.8 Å². The lowest BCUT2D eigenvalue weighted by atomic mass is 9.64. The summed E-state index contributed by atoms with van der Waals surface area (Å²) in [6, 6.07) is 5.47. The molecule has 1 aliphatic rings. The second-order valence-electron chi connectivity index (χ2n) is 6.06. The Balaban J connectivity index is 1.97. The van der Waals surface area contributed by atoms with Crippen LogP contribution in [-0.2, 0) is 11.2 Å². The van der Waals surface area contributed by atoms with Gasteiger partial charge in [-0.25, -0.2) is 0 Å². The molecule has 21 heavy (non-hydrogen) atoms. The van der Waals surface area contributed by atoms with E-state index in [1.54, 1.807) is 26.4 Å². The molecule has 1 aliphatic carbocycles. The average Bonchev–Trinajstić information content (AvgIpc) is 2.46. The summed E-state index contributed by atoms with van der Waals surface area (Å²) in [5, 5.41) is 12.7. The number of carbonyl (C=O) groups excluding carboxylic acids is 1. The number of amides is 1. The molecule has 0 aromatic heterocycles. The number of nitrogens with one attached hydrogen (secondary N) is 1. The number of benzene rings is 1. The van der Waals surface area contributed by atoms with E-state index in [1.807, 2.05) is 19.9 Å². The first-order valence-electron chi connectivity index (χ1n) is 7.06. The first kappa shape index (κ1) is 15.6. The molecule has 2 N–H and O–H groups in total. The highest BCUT2D eigenvalue weighted by atomic mass is 16.5. The van der Waals surface area contributed by atoms with Gasteiger partial charge in [0.1, 0.15) is 0 Å². The van der Waals surface area contributed by atoms with Gasteiger partial charge in [-0.05, 0) is 24.1 Å². The van der Waals surface area contributed by atoms with Crippen LogP contribution in [0.2, 0.25) is 0 Å². The van der Waals surface area contributed by atoms with Crippen molar-refractivity contribution in [1.29, 1.82) is 0 Å². The van der Waals surface area contributed by atoms with E-state index >= 15 is 0 Å². The van der Waals surface area contributed by atoms with Crippen LogP contribution < -0.4 is 14.8 Å². The van der Waals surface area contributed by atoms with E-state index in [0.717, 1.165) is 5.56 Å². The molecule has 1 fully saturated rings. The van der Waals surface area contributed by atoms with Gasteiger partial charge in [-0.3, -0.25) is 4.79 Å². The number of rotatable bonds is 5. The number of aliphatic hydroxyl groups excluding tert-OH is 1. The Morgan fingerprint density at radius 1 is 1.33 bits per heavy atom. The molecule has 0 spiro atoms. The molecule has 1 aromatic rings. The van der Waals surface area contributed by atoms with Gasteiger partial charge in [0, 0.05) is 11.5 Å². The minimum atomic E-state index is -0.344. The number of ether oxygens (including phenoxy) is 2. The third-order valence-electron chi connectivity index (χ3n) is 4.36. The molecule has 2 unspecified atom stereocenters. The predicted octanol–water partition coefficient (Wildman–Crippen LogP) is 1.52. The van der Waals surface area contributed by atoms with Gasteiger partial charge in [0.25, 0.3) is 0 Å². The molecule has 2 rings (SSSR count). The molecule has 0 saturated heterocycles. The van der Waals surface area contributed by atoms with Crippen LogP contribution in [0, 0.1) is 5.41 Å². The van der Waals surface area contributed by atoms with Gasteiger partial charge in [0.15, 0.2) is 11.5 Å². The second-order valence-corrected chi connectivity index (χ2v) is 6.06. The van der Waals surface area contributed by atoms with Crippen molar-refractivity contribution in [2.45, 2.75) is 38.8 Å². The summed E-state index contributed by atoms with van der Waals surface area (Å²) >= 11 is 0. The number of methoxy groups -OCH3 is 2. The molecule has 0 aliphatic heterocycles. The van der Waals surface area contributed by atoms with Crippen LogP contribution in [0.15, 0.2) is 18.2 Å². The Labute approximate surface area is 125 Å². The van der Waals surface area contributed by atoms with Gasteiger partial charge in [0.2, 0.25) is 5.91 Å². The Morgan fingerprint density at radius 3 is 2.52 bits per heavy atom. The quantitative estimate of drug-likeness (QED) is 0.864. The van der Waals surface area contributed by atoms with Crippen molar-refractivity contribution in [1.82, 2.24) is 5.32 Å². The van der Waals surface area contributed by atoms with Crippen LogP contribution in [0.25, 0.3) is 0 Å². The van der Waals surface area contributed by atoms with Crippen LogP contribution in [-0.4, -0.2) is 37.4 Å². The van der Waals surface area contributed by atoms with Crippen molar-refractivity contribution >= 4 is 5.91 Å². The summed E-state index contributed by atoms with van der Waals surface area (Å²) in [6.45, 7) is 3.92. The highest BCUT2D eigenvalue weighted by molar-refractivity contribution is 5.79. The molecule has 5 heteroatoms. The third-order valence-corrected chi connectivity index (χ3v) is 4.36. The van der Waals surface area contributed by atoms with Crippen molar-refractivity contribution in [3.8, 4) is 11.5 Å². The van der Waals surface area contributed by atoms with E-state index in [4.69, 9.17) is 9.47 Å². The number of hydrogen-bond donors (Lipinski definition) is 2. The summed E-state index contributed by atoms with van der Waals surface area (Å²) in [7, 11) is 3.15. The first-order chi connectivity index (χ1) is 9.88. The lowest BCUT2D eigenvalue weighted by Crippen LogP contribution is -2.61. The number of hydrogen-bond acceptors (Lipinski definition) is 4. The van der Waals surface area contributed by atoms with Crippen molar-refractivity contribution in [2.24, 2.45) is 5.41 Å². The fourth-order valence-electron chi connectivity index (χ4n) is 2.57. The molecule has 5 nitrogen and oxygen atoms in total. The summed E-state index contributed by atoms with van der Waals surface area (Å²) in [4.78, 5) is 12.1. The molecule has 0 bridgehead atoms. The summed E-state index contributed by atoms with van der Waals surface area (Å²) in [6.07, 6.45) is 0.553. The van der Waals surface area contributed by atoms with Gasteiger partial charge in [0.05, 0.1) is 26.7 Å². The lowest BCUT2D eigenvalue weighted by molar-refractivity contribution is -0.128.